The molecule has 1 N–H and O–H groups in total. The molecule has 3 aliphatic rings. The molecule has 3 saturated heterocycles. The second-order valence-corrected chi connectivity index (χ2v) is 7.69. The summed E-state index contributed by atoms with van der Waals surface area (Å²) in [6, 6.07) is 11.6. The molecule has 0 aromatic heterocycles. The van der Waals surface area contributed by atoms with Crippen molar-refractivity contribution in [3.8, 4) is 0 Å². The van der Waals surface area contributed by atoms with Gasteiger partial charge in [-0.15, -0.1) is 24.8 Å². The predicted molar refractivity (Wildman–Crippen MR) is 119 cm³/mol. The van der Waals surface area contributed by atoms with E-state index in [1.165, 1.54) is 77.6 Å². The Balaban J connectivity index is 0.00000131. The van der Waals surface area contributed by atoms with E-state index in [9.17, 15) is 0 Å². The summed E-state index contributed by atoms with van der Waals surface area (Å²) in [6.45, 7) is 14.6. The van der Waals surface area contributed by atoms with Gasteiger partial charge in [0.25, 0.3) is 0 Å². The number of benzene rings is 1. The van der Waals surface area contributed by atoms with Crippen molar-refractivity contribution < 1.29 is 0 Å². The van der Waals surface area contributed by atoms with Gasteiger partial charge in [-0.25, -0.2) is 0 Å². The van der Waals surface area contributed by atoms with Gasteiger partial charge in [0.1, 0.15) is 0 Å². The van der Waals surface area contributed by atoms with Crippen LogP contribution in [0.5, 0.6) is 0 Å². The van der Waals surface area contributed by atoms with Gasteiger partial charge < -0.3 is 10.2 Å². The topological polar surface area (TPSA) is 25.0 Å². The van der Waals surface area contributed by atoms with E-state index in [1.54, 1.807) is 0 Å². The zero-order valence-electron chi connectivity index (χ0n) is 16.3. The van der Waals surface area contributed by atoms with Gasteiger partial charge >= 0.3 is 0 Å². The Morgan fingerprint density at radius 1 is 0.778 bits per heavy atom. The van der Waals surface area contributed by atoms with E-state index in [0.717, 1.165) is 19.1 Å². The lowest BCUT2D eigenvalue weighted by Gasteiger charge is -2.40. The van der Waals surface area contributed by atoms with Crippen LogP contribution in [0.25, 0.3) is 0 Å². The standard InChI is InChI=1S/C20H33N5.2ClH/c1-2-4-19(5-3-1)24-14-10-22(11-15-24)8-9-23-12-16-25(17-13-23)20-6-7-21-18-20;;/h1-5,20-21H,6-18H2;2*1H. The summed E-state index contributed by atoms with van der Waals surface area (Å²) >= 11 is 0. The fourth-order valence-electron chi connectivity index (χ4n) is 4.45. The molecule has 3 aliphatic heterocycles. The molecule has 0 bridgehead atoms. The van der Waals surface area contributed by atoms with E-state index in [-0.39, 0.29) is 24.8 Å². The zero-order valence-corrected chi connectivity index (χ0v) is 17.9. The smallest absolute Gasteiger partial charge is 0.0367 e. The van der Waals surface area contributed by atoms with Crippen LogP contribution in [0, 0.1) is 0 Å². The van der Waals surface area contributed by atoms with Crippen LogP contribution >= 0.6 is 24.8 Å². The third-order valence-corrected chi connectivity index (χ3v) is 6.18. The molecule has 3 heterocycles. The van der Waals surface area contributed by atoms with Crippen LogP contribution in [0.4, 0.5) is 5.69 Å². The van der Waals surface area contributed by atoms with Gasteiger partial charge in [-0.1, -0.05) is 18.2 Å². The van der Waals surface area contributed by atoms with Crippen molar-refractivity contribution in [2.75, 3.05) is 83.4 Å². The largest absolute Gasteiger partial charge is 0.369 e. The molecule has 1 unspecified atom stereocenters. The van der Waals surface area contributed by atoms with Crippen molar-refractivity contribution in [2.24, 2.45) is 0 Å². The molecule has 0 aliphatic carbocycles. The molecule has 1 aromatic rings. The maximum absolute atomic E-state index is 3.50. The molecule has 0 spiro atoms. The highest BCUT2D eigenvalue weighted by Crippen LogP contribution is 2.16. The van der Waals surface area contributed by atoms with Crippen molar-refractivity contribution in [2.45, 2.75) is 12.5 Å². The number of para-hydroxylation sites is 1. The van der Waals surface area contributed by atoms with Crippen molar-refractivity contribution in [1.29, 1.82) is 0 Å². The highest BCUT2D eigenvalue weighted by atomic mass is 35.5. The Kier molecular flexibility index (Phi) is 9.63. The van der Waals surface area contributed by atoms with Gasteiger partial charge in [-0.2, -0.15) is 0 Å². The third-order valence-electron chi connectivity index (χ3n) is 6.18. The van der Waals surface area contributed by atoms with E-state index in [0.29, 0.717) is 0 Å². The van der Waals surface area contributed by atoms with E-state index in [1.807, 2.05) is 0 Å². The highest BCUT2D eigenvalue weighted by molar-refractivity contribution is 5.85. The lowest BCUT2D eigenvalue weighted by Crippen LogP contribution is -2.53. The fourth-order valence-corrected chi connectivity index (χ4v) is 4.45. The maximum Gasteiger partial charge on any atom is 0.0367 e. The minimum absolute atomic E-state index is 0. The van der Waals surface area contributed by atoms with E-state index in [2.05, 4.69) is 55.2 Å². The first-order valence-corrected chi connectivity index (χ1v) is 10.1. The van der Waals surface area contributed by atoms with Crippen molar-refractivity contribution >= 4 is 30.5 Å². The molecule has 154 valence electrons. The van der Waals surface area contributed by atoms with Crippen LogP contribution in [0.1, 0.15) is 6.42 Å². The average molecular weight is 416 g/mol. The lowest BCUT2D eigenvalue weighted by molar-refractivity contribution is 0.0927. The summed E-state index contributed by atoms with van der Waals surface area (Å²) in [6.07, 6.45) is 1.34. The number of halogens is 2. The average Bonchev–Trinajstić information content (AvgIpc) is 3.23. The molecule has 0 amide bonds. The Bertz CT molecular complexity index is 510. The Hall–Kier alpha value is -0.560. The molecule has 27 heavy (non-hydrogen) atoms. The lowest BCUT2D eigenvalue weighted by atomic mass is 10.2. The second-order valence-electron chi connectivity index (χ2n) is 7.69. The monoisotopic (exact) mass is 415 g/mol. The number of nitrogens with zero attached hydrogens (tertiary/aromatic N) is 4. The van der Waals surface area contributed by atoms with Crippen LogP contribution in [-0.2, 0) is 0 Å². The normalized spacial score (nSPS) is 25.0. The van der Waals surface area contributed by atoms with E-state index >= 15 is 0 Å². The van der Waals surface area contributed by atoms with Crippen LogP contribution in [0.3, 0.4) is 0 Å². The fraction of sp³-hybridized carbons (Fsp3) is 0.700. The van der Waals surface area contributed by atoms with Crippen LogP contribution < -0.4 is 10.2 Å². The molecule has 5 nitrogen and oxygen atoms in total. The van der Waals surface area contributed by atoms with Gasteiger partial charge in [0.15, 0.2) is 0 Å². The van der Waals surface area contributed by atoms with Gasteiger partial charge in [-0.05, 0) is 25.1 Å². The Morgan fingerprint density at radius 3 is 1.93 bits per heavy atom. The number of anilines is 1. The summed E-state index contributed by atoms with van der Waals surface area (Å²) in [7, 11) is 0. The van der Waals surface area contributed by atoms with Crippen molar-refractivity contribution in [1.82, 2.24) is 20.0 Å². The second kappa shape index (κ2) is 11.4. The van der Waals surface area contributed by atoms with Gasteiger partial charge in [0.2, 0.25) is 0 Å². The minimum atomic E-state index is 0. The van der Waals surface area contributed by atoms with Crippen LogP contribution in [0.2, 0.25) is 0 Å². The summed E-state index contributed by atoms with van der Waals surface area (Å²) in [5.41, 5.74) is 1.37. The molecule has 7 heteroatoms. The number of piperazine rings is 2. The van der Waals surface area contributed by atoms with Crippen LogP contribution in [0.15, 0.2) is 30.3 Å². The Labute approximate surface area is 176 Å². The SMILES string of the molecule is Cl.Cl.c1ccc(N2CCN(CCN3CCN(C4CCNC4)CC3)CC2)cc1. The summed E-state index contributed by atoms with van der Waals surface area (Å²) < 4.78 is 0. The first-order valence-electron chi connectivity index (χ1n) is 10.1. The van der Waals surface area contributed by atoms with Gasteiger partial charge in [0, 0.05) is 83.7 Å². The van der Waals surface area contributed by atoms with E-state index < -0.39 is 0 Å². The summed E-state index contributed by atoms with van der Waals surface area (Å²) in [4.78, 5) is 10.5. The highest BCUT2D eigenvalue weighted by Gasteiger charge is 2.26. The summed E-state index contributed by atoms with van der Waals surface area (Å²) in [5, 5.41) is 3.50. The first-order chi connectivity index (χ1) is 12.4. The molecule has 4 rings (SSSR count). The molecule has 1 aromatic carbocycles. The molecule has 0 radical (unpaired) electrons. The number of nitrogens with one attached hydrogen (secondary N) is 1. The first kappa shape index (κ1) is 22.7. The number of rotatable bonds is 5. The van der Waals surface area contributed by atoms with Crippen molar-refractivity contribution in [3.63, 3.8) is 0 Å². The van der Waals surface area contributed by atoms with Crippen molar-refractivity contribution in [3.05, 3.63) is 30.3 Å². The van der Waals surface area contributed by atoms with Gasteiger partial charge in [0.05, 0.1) is 0 Å². The zero-order chi connectivity index (χ0) is 16.9. The molecular formula is C20H35Cl2N5. The number of hydrogen-bond acceptors (Lipinski definition) is 5. The van der Waals surface area contributed by atoms with E-state index in [4.69, 9.17) is 0 Å². The Morgan fingerprint density at radius 2 is 1.37 bits per heavy atom. The molecule has 1 atom stereocenters. The van der Waals surface area contributed by atoms with Gasteiger partial charge in [-0.3, -0.25) is 14.7 Å². The minimum Gasteiger partial charge on any atom is -0.369 e. The quantitative estimate of drug-likeness (QED) is 0.787. The molecule has 3 fully saturated rings. The number of hydrogen-bond donors (Lipinski definition) is 1. The van der Waals surface area contributed by atoms with Crippen LogP contribution in [-0.4, -0.2) is 99.3 Å². The maximum atomic E-state index is 3.50. The predicted octanol–water partition coefficient (Wildman–Crippen LogP) is 1.63. The third kappa shape index (κ3) is 6.21. The molecular weight excluding hydrogens is 381 g/mol. The molecule has 0 saturated carbocycles. The summed E-state index contributed by atoms with van der Waals surface area (Å²) in [5.74, 6) is 0.